The number of benzene rings is 2. The van der Waals surface area contributed by atoms with E-state index in [2.05, 4.69) is 15.0 Å². The second-order valence-corrected chi connectivity index (χ2v) is 9.05. The molecule has 0 bridgehead atoms. The molecule has 5 rings (SSSR count). The molecule has 164 valence electrons. The van der Waals surface area contributed by atoms with Gasteiger partial charge in [0.15, 0.2) is 0 Å². The molecule has 3 heterocycles. The lowest BCUT2D eigenvalue weighted by Crippen LogP contribution is -2.49. The molecule has 1 fully saturated rings. The van der Waals surface area contributed by atoms with Gasteiger partial charge in [0.25, 0.3) is 5.91 Å². The molecule has 4 aromatic rings. The molecule has 2 aromatic heterocycles. The van der Waals surface area contributed by atoms with Crippen molar-refractivity contribution >= 4 is 27.3 Å². The van der Waals surface area contributed by atoms with Crippen molar-refractivity contribution in [1.29, 1.82) is 0 Å². The number of hydrogen-bond acceptors (Lipinski definition) is 6. The summed E-state index contributed by atoms with van der Waals surface area (Å²) in [6, 6.07) is 14.7. The van der Waals surface area contributed by atoms with E-state index in [0.29, 0.717) is 48.2 Å². The van der Waals surface area contributed by atoms with Crippen LogP contribution in [0.5, 0.6) is 0 Å². The number of thiophene rings is 1. The number of fused-ring (bicyclic) bond motifs is 1. The summed E-state index contributed by atoms with van der Waals surface area (Å²) in [5.41, 5.74) is 1.64. The van der Waals surface area contributed by atoms with Gasteiger partial charge in [0.2, 0.25) is 11.7 Å². The first-order chi connectivity index (χ1) is 15.5. The van der Waals surface area contributed by atoms with Crippen LogP contribution in [0.15, 0.2) is 53.1 Å². The summed E-state index contributed by atoms with van der Waals surface area (Å²) in [6.07, 6.45) is 0. The maximum absolute atomic E-state index is 14.2. The molecule has 0 radical (unpaired) electrons. The summed E-state index contributed by atoms with van der Waals surface area (Å²) in [5.74, 6) is 0.844. The van der Waals surface area contributed by atoms with Crippen molar-refractivity contribution in [2.75, 3.05) is 26.2 Å². The van der Waals surface area contributed by atoms with E-state index in [1.54, 1.807) is 6.07 Å². The van der Waals surface area contributed by atoms with Crippen molar-refractivity contribution in [3.8, 4) is 11.4 Å². The Balaban J connectivity index is 1.26. The van der Waals surface area contributed by atoms with Crippen molar-refractivity contribution in [3.05, 3.63) is 70.7 Å². The predicted molar refractivity (Wildman–Crippen MR) is 122 cm³/mol. The minimum absolute atomic E-state index is 0.0282. The lowest BCUT2D eigenvalue weighted by molar-refractivity contribution is 0.0555. The molecule has 8 heteroatoms. The van der Waals surface area contributed by atoms with Gasteiger partial charge in [0.05, 0.1) is 10.9 Å². The van der Waals surface area contributed by atoms with Gasteiger partial charge in [-0.15, -0.1) is 11.3 Å². The monoisotopic (exact) mass is 450 g/mol. The molecule has 0 saturated carbocycles. The van der Waals surface area contributed by atoms with E-state index in [0.717, 1.165) is 15.8 Å². The maximum Gasteiger partial charge on any atom is 0.264 e. The molecule has 1 atom stereocenters. The fourth-order valence-corrected chi connectivity index (χ4v) is 5.37. The zero-order chi connectivity index (χ0) is 22.2. The second kappa shape index (κ2) is 8.44. The number of piperazine rings is 1. The molecule has 0 spiro atoms. The number of nitrogens with zero attached hydrogens (tertiary/aromatic N) is 4. The van der Waals surface area contributed by atoms with Gasteiger partial charge in [-0.25, -0.2) is 4.39 Å². The quantitative estimate of drug-likeness (QED) is 0.442. The summed E-state index contributed by atoms with van der Waals surface area (Å²) in [6.45, 7) is 6.46. The van der Waals surface area contributed by atoms with Crippen LogP contribution in [0.3, 0.4) is 0 Å². The third-order valence-electron chi connectivity index (χ3n) is 6.08. The smallest absolute Gasteiger partial charge is 0.264 e. The van der Waals surface area contributed by atoms with Crippen LogP contribution in [-0.2, 0) is 0 Å². The molecule has 1 saturated heterocycles. The van der Waals surface area contributed by atoms with Gasteiger partial charge in [-0.2, -0.15) is 4.98 Å². The lowest BCUT2D eigenvalue weighted by Gasteiger charge is -2.36. The number of amides is 1. The lowest BCUT2D eigenvalue weighted by atomic mass is 10.1. The van der Waals surface area contributed by atoms with Crippen molar-refractivity contribution in [3.63, 3.8) is 0 Å². The summed E-state index contributed by atoms with van der Waals surface area (Å²) in [7, 11) is 0. The molecule has 2 aromatic carbocycles. The van der Waals surface area contributed by atoms with E-state index in [1.165, 1.54) is 17.4 Å². The Bertz CT molecular complexity index is 1260. The fraction of sp³-hybridized carbons (Fsp3) is 0.292. The molecular weight excluding hydrogens is 427 g/mol. The normalized spacial score (nSPS) is 15.9. The molecule has 0 aliphatic carbocycles. The van der Waals surface area contributed by atoms with Gasteiger partial charge in [0.1, 0.15) is 5.82 Å². The molecule has 1 unspecified atom stereocenters. The van der Waals surface area contributed by atoms with E-state index in [4.69, 9.17) is 4.52 Å². The number of carbonyl (C=O) groups excluding carboxylic acids is 1. The third-order valence-corrected chi connectivity index (χ3v) is 7.32. The predicted octanol–water partition coefficient (Wildman–Crippen LogP) is 4.92. The molecule has 6 nitrogen and oxygen atoms in total. The van der Waals surface area contributed by atoms with Crippen molar-refractivity contribution in [2.24, 2.45) is 0 Å². The largest absolute Gasteiger partial charge is 0.337 e. The highest BCUT2D eigenvalue weighted by Crippen LogP contribution is 2.34. The van der Waals surface area contributed by atoms with Gasteiger partial charge in [-0.1, -0.05) is 41.6 Å². The summed E-state index contributed by atoms with van der Waals surface area (Å²) in [4.78, 5) is 22.4. The first kappa shape index (κ1) is 20.8. The van der Waals surface area contributed by atoms with Crippen molar-refractivity contribution in [1.82, 2.24) is 19.9 Å². The second-order valence-electron chi connectivity index (χ2n) is 8.00. The van der Waals surface area contributed by atoms with Gasteiger partial charge < -0.3 is 9.42 Å². The molecule has 0 N–H and O–H groups in total. The Morgan fingerprint density at radius 3 is 2.56 bits per heavy atom. The molecule has 1 aliphatic rings. The molecule has 32 heavy (non-hydrogen) atoms. The first-order valence-corrected chi connectivity index (χ1v) is 11.4. The fourth-order valence-electron chi connectivity index (χ4n) is 4.18. The topological polar surface area (TPSA) is 62.5 Å². The molecule has 1 amide bonds. The van der Waals surface area contributed by atoms with Gasteiger partial charge in [0, 0.05) is 41.8 Å². The number of halogens is 1. The van der Waals surface area contributed by atoms with Gasteiger partial charge in [-0.05, 0) is 31.5 Å². The SMILES string of the molecule is Cc1c(C(=O)N2CCN(C(C)c3nc(-c4ccccc4)no3)CC2)sc2cccc(F)c12. The number of hydrogen-bond donors (Lipinski definition) is 0. The van der Waals surface area contributed by atoms with Crippen LogP contribution in [0.4, 0.5) is 4.39 Å². The van der Waals surface area contributed by atoms with Crippen LogP contribution in [0.2, 0.25) is 0 Å². The van der Waals surface area contributed by atoms with E-state index in [-0.39, 0.29) is 17.8 Å². The van der Waals surface area contributed by atoms with Crippen LogP contribution >= 0.6 is 11.3 Å². The van der Waals surface area contributed by atoms with Crippen LogP contribution in [0, 0.1) is 12.7 Å². The highest BCUT2D eigenvalue weighted by molar-refractivity contribution is 7.21. The molecule has 1 aliphatic heterocycles. The Labute approximate surface area is 189 Å². The Morgan fingerprint density at radius 2 is 1.84 bits per heavy atom. The van der Waals surface area contributed by atoms with E-state index in [9.17, 15) is 9.18 Å². The Kier molecular flexibility index (Phi) is 5.48. The summed E-state index contributed by atoms with van der Waals surface area (Å²) >= 11 is 1.37. The molecular formula is C24H23FN4O2S. The van der Waals surface area contributed by atoms with Crippen LogP contribution < -0.4 is 0 Å². The van der Waals surface area contributed by atoms with E-state index < -0.39 is 0 Å². The van der Waals surface area contributed by atoms with Crippen LogP contribution in [0.25, 0.3) is 21.5 Å². The Morgan fingerprint density at radius 1 is 1.09 bits per heavy atom. The van der Waals surface area contributed by atoms with E-state index >= 15 is 0 Å². The number of aryl methyl sites for hydroxylation is 1. The van der Waals surface area contributed by atoms with Crippen molar-refractivity contribution < 1.29 is 13.7 Å². The highest BCUT2D eigenvalue weighted by Gasteiger charge is 2.30. The third kappa shape index (κ3) is 3.69. The maximum atomic E-state index is 14.2. The number of carbonyl (C=O) groups is 1. The minimum Gasteiger partial charge on any atom is -0.337 e. The minimum atomic E-state index is -0.275. The average Bonchev–Trinajstić information content (AvgIpc) is 3.45. The van der Waals surface area contributed by atoms with Gasteiger partial charge in [-0.3, -0.25) is 9.69 Å². The zero-order valence-corrected chi connectivity index (χ0v) is 18.7. The van der Waals surface area contributed by atoms with Crippen molar-refractivity contribution in [2.45, 2.75) is 19.9 Å². The van der Waals surface area contributed by atoms with Crippen LogP contribution in [-0.4, -0.2) is 52.0 Å². The number of rotatable bonds is 4. The number of aromatic nitrogens is 2. The van der Waals surface area contributed by atoms with E-state index in [1.807, 2.05) is 55.1 Å². The average molecular weight is 451 g/mol. The summed E-state index contributed by atoms with van der Waals surface area (Å²) < 4.78 is 20.6. The first-order valence-electron chi connectivity index (χ1n) is 10.6. The zero-order valence-electron chi connectivity index (χ0n) is 17.9. The standard InChI is InChI=1S/C24H23FN4O2S/c1-15-20-18(25)9-6-10-19(20)32-21(15)24(30)29-13-11-28(12-14-29)16(2)23-26-22(27-31-23)17-7-4-3-5-8-17/h3-10,16H,11-14H2,1-2H3. The van der Waals surface area contributed by atoms with Crippen LogP contribution in [0.1, 0.15) is 34.1 Å². The summed E-state index contributed by atoms with van der Waals surface area (Å²) in [5, 5.41) is 4.67. The highest BCUT2D eigenvalue weighted by atomic mass is 32.1. The van der Waals surface area contributed by atoms with Gasteiger partial charge >= 0.3 is 0 Å². The Hall–Kier alpha value is -3.10.